The number of hydrogen-bond donors (Lipinski definition) is 0. The number of allylic oxidation sites excluding steroid dienone is 1. The van der Waals surface area contributed by atoms with Gasteiger partial charge >= 0.3 is 5.97 Å². The van der Waals surface area contributed by atoms with Gasteiger partial charge in [0.25, 0.3) is 5.91 Å². The van der Waals surface area contributed by atoms with Gasteiger partial charge in [-0.15, -0.1) is 0 Å². The van der Waals surface area contributed by atoms with Crippen molar-refractivity contribution in [2.24, 2.45) is 17.3 Å². The van der Waals surface area contributed by atoms with Crippen LogP contribution in [0.25, 0.3) is 6.08 Å². The summed E-state index contributed by atoms with van der Waals surface area (Å²) in [6, 6.07) is 6.97. The highest BCUT2D eigenvalue weighted by Crippen LogP contribution is 2.60. The molecule has 1 aliphatic heterocycles. The molecule has 1 saturated heterocycles. The lowest BCUT2D eigenvalue weighted by molar-refractivity contribution is -0.136. The van der Waals surface area contributed by atoms with E-state index in [0.29, 0.717) is 28.1 Å². The predicted molar refractivity (Wildman–Crippen MR) is 124 cm³/mol. The first-order valence-corrected chi connectivity index (χ1v) is 11.2. The number of amides is 1. The number of carbonyl (C=O) groups is 2. The van der Waals surface area contributed by atoms with Crippen molar-refractivity contribution >= 4 is 69.5 Å². The molecule has 30 heavy (non-hydrogen) atoms. The number of ether oxygens (including phenoxy) is 2. The van der Waals surface area contributed by atoms with Crippen molar-refractivity contribution in [2.45, 2.75) is 13.8 Å². The minimum atomic E-state index is -0.317. The first-order chi connectivity index (χ1) is 14.1. The molecule has 1 heterocycles. The highest BCUT2D eigenvalue weighted by Gasteiger charge is 2.61. The molecule has 1 aliphatic carbocycles. The minimum absolute atomic E-state index is 0.0469. The molecule has 0 bridgehead atoms. The van der Waals surface area contributed by atoms with Crippen LogP contribution in [0, 0.1) is 17.3 Å². The Morgan fingerprint density at radius 1 is 1.30 bits per heavy atom. The van der Waals surface area contributed by atoms with E-state index in [0.717, 1.165) is 5.56 Å². The molecular formula is C21H21Cl2NO4S2. The first kappa shape index (κ1) is 23.3. The van der Waals surface area contributed by atoms with Gasteiger partial charge in [-0.2, -0.15) is 0 Å². The van der Waals surface area contributed by atoms with E-state index >= 15 is 0 Å². The summed E-state index contributed by atoms with van der Waals surface area (Å²) in [5.41, 5.74) is 0.562. The van der Waals surface area contributed by atoms with Gasteiger partial charge in [0.05, 0.1) is 24.0 Å². The van der Waals surface area contributed by atoms with Gasteiger partial charge in [0.15, 0.2) is 0 Å². The van der Waals surface area contributed by atoms with Crippen molar-refractivity contribution in [2.75, 3.05) is 20.3 Å². The molecule has 1 amide bonds. The molecule has 3 rings (SSSR count). The Balaban J connectivity index is 1.64. The van der Waals surface area contributed by atoms with Crippen LogP contribution in [-0.4, -0.2) is 41.4 Å². The number of thioether (sulfide) groups is 1. The topological polar surface area (TPSA) is 55.8 Å². The number of methoxy groups -OCH3 is 1. The Morgan fingerprint density at radius 2 is 1.97 bits per heavy atom. The summed E-state index contributed by atoms with van der Waals surface area (Å²) in [6.45, 7) is 4.80. The molecule has 0 N–H and O–H groups in total. The smallest absolute Gasteiger partial charge is 0.315 e. The summed E-state index contributed by atoms with van der Waals surface area (Å²) >= 11 is 18.0. The number of carbonyl (C=O) groups excluding carboxylic acids is 2. The van der Waals surface area contributed by atoms with Crippen LogP contribution in [0.5, 0.6) is 5.75 Å². The van der Waals surface area contributed by atoms with Gasteiger partial charge in [-0.3, -0.25) is 14.5 Å². The largest absolute Gasteiger partial charge is 0.426 e. The average molecular weight is 486 g/mol. The monoisotopic (exact) mass is 485 g/mol. The van der Waals surface area contributed by atoms with Crippen LogP contribution >= 0.6 is 47.2 Å². The summed E-state index contributed by atoms with van der Waals surface area (Å²) < 4.78 is 11.2. The maximum atomic E-state index is 12.5. The normalized spacial score (nSPS) is 23.6. The maximum absolute atomic E-state index is 12.5. The lowest BCUT2D eigenvalue weighted by Crippen LogP contribution is -2.31. The molecular weight excluding hydrogens is 465 g/mol. The molecule has 1 saturated carbocycles. The molecule has 2 unspecified atom stereocenters. The molecule has 1 aromatic rings. The van der Waals surface area contributed by atoms with E-state index in [2.05, 4.69) is 0 Å². The standard InChI is InChI=1S/C21H21Cl2NO4S2/c1-21(2)14(11-16(22)23)17(21)19(26)28-13-6-4-12(5-7-13)10-15-18(25)24(8-9-27-3)20(29)30-15/h4-7,10-11,14,17H,8-9H2,1-3H3/b15-10+. The zero-order chi connectivity index (χ0) is 22.1. The van der Waals surface area contributed by atoms with E-state index in [-0.39, 0.29) is 33.6 Å². The van der Waals surface area contributed by atoms with Crippen LogP contribution in [-0.2, 0) is 14.3 Å². The SMILES string of the molecule is COCCN1C(=O)/C(=C\c2ccc(OC(=O)C3C(C=C(Cl)Cl)C3(C)C)cc2)SC1=S. The van der Waals surface area contributed by atoms with Crippen molar-refractivity contribution in [1.29, 1.82) is 0 Å². The minimum Gasteiger partial charge on any atom is -0.426 e. The zero-order valence-corrected chi connectivity index (χ0v) is 19.8. The van der Waals surface area contributed by atoms with Crippen molar-refractivity contribution < 1.29 is 19.1 Å². The summed E-state index contributed by atoms with van der Waals surface area (Å²) in [4.78, 5) is 27.1. The van der Waals surface area contributed by atoms with Crippen LogP contribution in [0.2, 0.25) is 0 Å². The molecule has 2 aliphatic rings. The molecule has 2 fully saturated rings. The lowest BCUT2D eigenvalue weighted by atomic mass is 10.1. The molecule has 2 atom stereocenters. The van der Waals surface area contributed by atoms with Crippen molar-refractivity contribution in [3.63, 3.8) is 0 Å². The Hall–Kier alpha value is -1.38. The fraction of sp³-hybridized carbons (Fsp3) is 0.381. The Labute approximate surface area is 195 Å². The number of thiocarbonyl (C=S) groups is 1. The van der Waals surface area contributed by atoms with Gasteiger partial charge in [0.2, 0.25) is 0 Å². The van der Waals surface area contributed by atoms with Gasteiger partial charge in [-0.1, -0.05) is 73.2 Å². The van der Waals surface area contributed by atoms with Gasteiger partial charge in [-0.05, 0) is 41.2 Å². The quantitative estimate of drug-likeness (QED) is 0.233. The molecule has 1 aromatic carbocycles. The van der Waals surface area contributed by atoms with Gasteiger partial charge < -0.3 is 9.47 Å². The fourth-order valence-electron chi connectivity index (χ4n) is 3.41. The molecule has 5 nitrogen and oxygen atoms in total. The molecule has 9 heteroatoms. The molecule has 0 spiro atoms. The van der Waals surface area contributed by atoms with Crippen molar-refractivity contribution in [3.05, 3.63) is 45.3 Å². The number of halogens is 2. The van der Waals surface area contributed by atoms with Crippen LogP contribution < -0.4 is 4.74 Å². The van der Waals surface area contributed by atoms with E-state index in [9.17, 15) is 9.59 Å². The number of esters is 1. The maximum Gasteiger partial charge on any atom is 0.315 e. The van der Waals surface area contributed by atoms with Gasteiger partial charge in [0.1, 0.15) is 14.6 Å². The number of nitrogens with zero attached hydrogens (tertiary/aromatic N) is 1. The van der Waals surface area contributed by atoms with Gasteiger partial charge in [0, 0.05) is 7.11 Å². The van der Waals surface area contributed by atoms with E-state index in [1.807, 2.05) is 13.8 Å². The van der Waals surface area contributed by atoms with E-state index in [1.165, 1.54) is 16.7 Å². The highest BCUT2D eigenvalue weighted by atomic mass is 35.5. The summed E-state index contributed by atoms with van der Waals surface area (Å²) in [6.07, 6.45) is 3.45. The third kappa shape index (κ3) is 5.08. The van der Waals surface area contributed by atoms with Crippen LogP contribution in [0.15, 0.2) is 39.7 Å². The van der Waals surface area contributed by atoms with Crippen LogP contribution in [0.3, 0.4) is 0 Å². The fourth-order valence-corrected chi connectivity index (χ4v) is 4.99. The molecule has 160 valence electrons. The van der Waals surface area contributed by atoms with Crippen LogP contribution in [0.4, 0.5) is 0 Å². The average Bonchev–Trinajstić information content (AvgIpc) is 3.10. The molecule has 0 radical (unpaired) electrons. The third-order valence-electron chi connectivity index (χ3n) is 5.26. The first-order valence-electron chi connectivity index (χ1n) is 9.24. The van der Waals surface area contributed by atoms with E-state index in [4.69, 9.17) is 44.9 Å². The van der Waals surface area contributed by atoms with E-state index in [1.54, 1.807) is 43.5 Å². The summed E-state index contributed by atoms with van der Waals surface area (Å²) in [7, 11) is 1.58. The van der Waals surface area contributed by atoms with Crippen molar-refractivity contribution in [3.8, 4) is 5.75 Å². The second kappa shape index (κ2) is 9.40. The highest BCUT2D eigenvalue weighted by molar-refractivity contribution is 8.26. The second-order valence-electron chi connectivity index (χ2n) is 7.60. The third-order valence-corrected chi connectivity index (χ3v) is 6.89. The summed E-state index contributed by atoms with van der Waals surface area (Å²) in [5, 5.41) is 0. The Kier molecular flexibility index (Phi) is 7.30. The number of benzene rings is 1. The number of rotatable bonds is 7. The molecule has 0 aromatic heterocycles. The summed E-state index contributed by atoms with van der Waals surface area (Å²) in [5.74, 6) is -0.354. The van der Waals surface area contributed by atoms with Crippen molar-refractivity contribution in [1.82, 2.24) is 4.90 Å². The predicted octanol–water partition coefficient (Wildman–Crippen LogP) is 5.03. The van der Waals surface area contributed by atoms with Crippen LogP contribution in [0.1, 0.15) is 19.4 Å². The second-order valence-corrected chi connectivity index (χ2v) is 10.3. The zero-order valence-electron chi connectivity index (χ0n) is 16.7. The lowest BCUT2D eigenvalue weighted by Gasteiger charge is -2.12. The van der Waals surface area contributed by atoms with Gasteiger partial charge in [-0.25, -0.2) is 0 Å². The Morgan fingerprint density at radius 3 is 2.57 bits per heavy atom. The van der Waals surface area contributed by atoms with E-state index < -0.39 is 0 Å². The Bertz CT molecular complexity index is 923. The number of hydrogen-bond acceptors (Lipinski definition) is 6.